The molecule has 0 bridgehead atoms. The zero-order chi connectivity index (χ0) is 9.97. The van der Waals surface area contributed by atoms with Crippen molar-refractivity contribution in [2.24, 2.45) is 0 Å². The van der Waals surface area contributed by atoms with E-state index in [2.05, 4.69) is 39.3 Å². The molecule has 0 aliphatic carbocycles. The molecule has 1 aromatic heterocycles. The van der Waals surface area contributed by atoms with Crippen molar-refractivity contribution in [3.05, 3.63) is 36.0 Å². The van der Waals surface area contributed by atoms with Crippen molar-refractivity contribution >= 4 is 33.5 Å². The molecule has 0 aliphatic heterocycles. The number of para-hydroxylation sites is 1. The molecule has 2 nitrogen and oxygen atoms in total. The van der Waals surface area contributed by atoms with Gasteiger partial charge in [-0.2, -0.15) is 5.26 Å². The number of alkyl halides is 1. The summed E-state index contributed by atoms with van der Waals surface area (Å²) in [5, 5.41) is 10.0. The summed E-state index contributed by atoms with van der Waals surface area (Å²) in [7, 11) is 0. The van der Waals surface area contributed by atoms with E-state index >= 15 is 0 Å². The molecular weight excluding hydrogens is 287 g/mol. The third-order valence-corrected chi connectivity index (χ3v) is 2.72. The second-order valence-electron chi connectivity index (χ2n) is 3.05. The maximum Gasteiger partial charge on any atom is 0.101 e. The van der Waals surface area contributed by atoms with Crippen LogP contribution in [0.2, 0.25) is 0 Å². The summed E-state index contributed by atoms with van der Waals surface area (Å²) < 4.78 is 3.20. The van der Waals surface area contributed by atoms with E-state index in [1.165, 1.54) is 0 Å². The maximum absolute atomic E-state index is 8.95. The summed E-state index contributed by atoms with van der Waals surface area (Å²) in [5.41, 5.74) is 1.92. The third-order valence-electron chi connectivity index (χ3n) is 2.23. The second-order valence-corrected chi connectivity index (χ2v) is 4.13. The zero-order valence-corrected chi connectivity index (χ0v) is 9.73. The lowest BCUT2D eigenvalue weighted by molar-refractivity contribution is 0.816. The summed E-state index contributed by atoms with van der Waals surface area (Å²) in [5.74, 6) is 0. The Morgan fingerprint density at radius 1 is 1.36 bits per heavy atom. The van der Waals surface area contributed by atoms with Crippen molar-refractivity contribution < 1.29 is 0 Å². The molecule has 0 saturated carbocycles. The molecule has 0 fully saturated rings. The highest BCUT2D eigenvalue weighted by molar-refractivity contribution is 14.1. The first-order valence-electron chi connectivity index (χ1n) is 4.40. The van der Waals surface area contributed by atoms with E-state index in [9.17, 15) is 0 Å². The van der Waals surface area contributed by atoms with Crippen LogP contribution in [0.25, 0.3) is 10.9 Å². The Balaban J connectivity index is 2.68. The molecule has 0 N–H and O–H groups in total. The minimum atomic E-state index is 0.769. The van der Waals surface area contributed by atoms with Crippen LogP contribution in [0.1, 0.15) is 5.56 Å². The van der Waals surface area contributed by atoms with E-state index in [-0.39, 0.29) is 0 Å². The highest BCUT2D eigenvalue weighted by Gasteiger charge is 2.05. The summed E-state index contributed by atoms with van der Waals surface area (Å²) in [4.78, 5) is 0. The van der Waals surface area contributed by atoms with E-state index in [4.69, 9.17) is 5.26 Å². The largest absolute Gasteiger partial charge is 0.345 e. The number of hydrogen-bond acceptors (Lipinski definition) is 1. The van der Waals surface area contributed by atoms with Gasteiger partial charge in [0.05, 0.1) is 5.56 Å². The van der Waals surface area contributed by atoms with Crippen LogP contribution >= 0.6 is 22.6 Å². The van der Waals surface area contributed by atoms with E-state index in [1.54, 1.807) is 0 Å². The molecule has 0 atom stereocenters. The molecule has 14 heavy (non-hydrogen) atoms. The first-order chi connectivity index (χ1) is 6.86. The number of nitriles is 1. The predicted octanol–water partition coefficient (Wildman–Crippen LogP) is 2.95. The smallest absolute Gasteiger partial charge is 0.101 e. The van der Waals surface area contributed by atoms with Crippen LogP contribution in [0.5, 0.6) is 0 Å². The van der Waals surface area contributed by atoms with Gasteiger partial charge in [-0.3, -0.25) is 0 Å². The van der Waals surface area contributed by atoms with Crippen molar-refractivity contribution in [2.45, 2.75) is 6.54 Å². The molecular formula is C11H9IN2. The molecule has 0 aliphatic rings. The van der Waals surface area contributed by atoms with Gasteiger partial charge in [-0.05, 0) is 6.07 Å². The van der Waals surface area contributed by atoms with E-state index in [0.717, 1.165) is 27.4 Å². The summed E-state index contributed by atoms with van der Waals surface area (Å²) in [6.45, 7) is 0.961. The third kappa shape index (κ3) is 1.50. The van der Waals surface area contributed by atoms with Crippen LogP contribution in [-0.2, 0) is 6.54 Å². The molecule has 0 unspecified atom stereocenters. The number of benzene rings is 1. The average Bonchev–Trinajstić information content (AvgIpc) is 2.58. The Morgan fingerprint density at radius 3 is 2.86 bits per heavy atom. The predicted molar refractivity (Wildman–Crippen MR) is 65.5 cm³/mol. The van der Waals surface area contributed by atoms with Gasteiger partial charge >= 0.3 is 0 Å². The summed E-state index contributed by atoms with van der Waals surface area (Å²) in [6.07, 6.45) is 1.93. The van der Waals surface area contributed by atoms with Gasteiger partial charge in [-0.1, -0.05) is 40.8 Å². The lowest BCUT2D eigenvalue weighted by atomic mass is 10.2. The van der Waals surface area contributed by atoms with Gasteiger partial charge in [-0.25, -0.2) is 0 Å². The molecule has 0 saturated heterocycles. The Kier molecular flexibility index (Phi) is 2.73. The van der Waals surface area contributed by atoms with E-state index < -0.39 is 0 Å². The van der Waals surface area contributed by atoms with Crippen molar-refractivity contribution in [2.75, 3.05) is 4.43 Å². The minimum absolute atomic E-state index is 0.769. The molecule has 2 aromatic rings. The highest BCUT2D eigenvalue weighted by atomic mass is 127. The summed E-state index contributed by atoms with van der Waals surface area (Å²) in [6, 6.07) is 10.3. The Morgan fingerprint density at radius 2 is 2.14 bits per heavy atom. The minimum Gasteiger partial charge on any atom is -0.345 e. The van der Waals surface area contributed by atoms with Crippen LogP contribution in [0.3, 0.4) is 0 Å². The van der Waals surface area contributed by atoms with Crippen LogP contribution in [0, 0.1) is 11.3 Å². The van der Waals surface area contributed by atoms with Gasteiger partial charge in [-0.15, -0.1) is 0 Å². The molecule has 70 valence electrons. The fraction of sp³-hybridized carbons (Fsp3) is 0.182. The normalized spacial score (nSPS) is 10.3. The van der Waals surface area contributed by atoms with Crippen molar-refractivity contribution in [1.29, 1.82) is 5.26 Å². The van der Waals surface area contributed by atoms with Crippen LogP contribution in [-0.4, -0.2) is 8.99 Å². The number of fused-ring (bicyclic) bond motifs is 1. The number of rotatable bonds is 2. The SMILES string of the molecule is N#Cc1cn(CCI)c2ccccc12. The molecule has 0 spiro atoms. The van der Waals surface area contributed by atoms with Crippen LogP contribution in [0.4, 0.5) is 0 Å². The van der Waals surface area contributed by atoms with Crippen molar-refractivity contribution in [3.63, 3.8) is 0 Å². The van der Waals surface area contributed by atoms with Crippen LogP contribution < -0.4 is 0 Å². The van der Waals surface area contributed by atoms with E-state index in [1.807, 2.05) is 24.4 Å². The second kappa shape index (κ2) is 4.01. The fourth-order valence-corrected chi connectivity index (χ4v) is 2.13. The van der Waals surface area contributed by atoms with Crippen molar-refractivity contribution in [3.8, 4) is 6.07 Å². The van der Waals surface area contributed by atoms with Gasteiger partial charge in [0.25, 0.3) is 0 Å². The van der Waals surface area contributed by atoms with Gasteiger partial charge in [0.1, 0.15) is 6.07 Å². The van der Waals surface area contributed by atoms with E-state index in [0.29, 0.717) is 0 Å². The number of aromatic nitrogens is 1. The molecule has 3 heteroatoms. The summed E-state index contributed by atoms with van der Waals surface area (Å²) >= 11 is 2.34. The number of halogens is 1. The monoisotopic (exact) mass is 296 g/mol. The molecule has 1 heterocycles. The molecule has 1 aromatic carbocycles. The maximum atomic E-state index is 8.95. The Bertz CT molecular complexity index is 493. The number of nitrogens with zero attached hydrogens (tertiary/aromatic N) is 2. The Hall–Kier alpha value is -1.02. The van der Waals surface area contributed by atoms with Crippen molar-refractivity contribution in [1.82, 2.24) is 4.57 Å². The lowest BCUT2D eigenvalue weighted by Crippen LogP contribution is -1.95. The van der Waals surface area contributed by atoms with Gasteiger partial charge in [0.2, 0.25) is 0 Å². The zero-order valence-electron chi connectivity index (χ0n) is 7.57. The topological polar surface area (TPSA) is 28.7 Å². The average molecular weight is 296 g/mol. The highest BCUT2D eigenvalue weighted by Crippen LogP contribution is 2.20. The Labute approximate surface area is 96.3 Å². The molecule has 0 radical (unpaired) electrons. The first kappa shape index (κ1) is 9.53. The standard InChI is InChI=1S/C11H9IN2/c12-5-6-14-8-9(7-13)10-3-1-2-4-11(10)14/h1-4,8H,5-6H2. The number of hydrogen-bond donors (Lipinski definition) is 0. The molecule has 0 amide bonds. The fourth-order valence-electron chi connectivity index (χ4n) is 1.61. The van der Waals surface area contributed by atoms with Gasteiger partial charge in [0, 0.05) is 28.1 Å². The quantitative estimate of drug-likeness (QED) is 0.618. The number of aryl methyl sites for hydroxylation is 1. The lowest BCUT2D eigenvalue weighted by Gasteiger charge is -2.00. The first-order valence-corrected chi connectivity index (χ1v) is 5.93. The molecule has 2 rings (SSSR count). The van der Waals surface area contributed by atoms with Gasteiger partial charge < -0.3 is 4.57 Å². The van der Waals surface area contributed by atoms with Crippen LogP contribution in [0.15, 0.2) is 30.5 Å². The van der Waals surface area contributed by atoms with Gasteiger partial charge in [0.15, 0.2) is 0 Å².